The smallest absolute Gasteiger partial charge is 0.328 e. The zero-order chi connectivity index (χ0) is 20.4. The number of rotatable bonds is 11. The molecule has 10 heteroatoms. The van der Waals surface area contributed by atoms with Crippen molar-refractivity contribution in [3.8, 4) is 0 Å². The van der Waals surface area contributed by atoms with E-state index in [1.165, 1.54) is 0 Å². The van der Waals surface area contributed by atoms with E-state index < -0.39 is 55.0 Å². The number of nitrogens with two attached hydrogens (primary N) is 1. The molecule has 3 amide bonds. The average Bonchev–Trinajstić information content (AvgIpc) is 2.59. The Morgan fingerprint density at radius 1 is 1.04 bits per heavy atom. The molecule has 4 unspecified atom stereocenters. The maximum atomic E-state index is 12.3. The third-order valence-electron chi connectivity index (χ3n) is 4.05. The minimum absolute atomic E-state index is 0.0527. The van der Waals surface area contributed by atoms with Gasteiger partial charge in [-0.05, 0) is 11.8 Å². The Bertz CT molecular complexity index is 511. The Hall–Kier alpha value is -2.20. The van der Waals surface area contributed by atoms with Crippen LogP contribution in [0.1, 0.15) is 34.1 Å². The number of carboxylic acid groups (broad SMARTS) is 1. The monoisotopic (exact) mass is 374 g/mol. The number of amides is 3. The van der Waals surface area contributed by atoms with E-state index in [0.29, 0.717) is 6.42 Å². The second-order valence-corrected chi connectivity index (χ2v) is 6.50. The van der Waals surface area contributed by atoms with E-state index in [-0.39, 0.29) is 11.8 Å². The van der Waals surface area contributed by atoms with Gasteiger partial charge in [-0.25, -0.2) is 4.79 Å². The Morgan fingerprint density at radius 2 is 1.62 bits per heavy atom. The van der Waals surface area contributed by atoms with Gasteiger partial charge in [-0.1, -0.05) is 34.1 Å². The third-order valence-corrected chi connectivity index (χ3v) is 4.05. The molecule has 0 heterocycles. The number of carboxylic acids is 1. The summed E-state index contributed by atoms with van der Waals surface area (Å²) in [6.07, 6.45) is 0.711. The fourth-order valence-corrected chi connectivity index (χ4v) is 2.00. The number of hydrogen-bond donors (Lipinski definition) is 6. The van der Waals surface area contributed by atoms with Gasteiger partial charge in [-0.3, -0.25) is 14.4 Å². The first-order valence-electron chi connectivity index (χ1n) is 8.51. The lowest BCUT2D eigenvalue weighted by Crippen LogP contribution is -2.56. The number of nitrogens with one attached hydrogen (secondary N) is 3. The van der Waals surface area contributed by atoms with Crippen molar-refractivity contribution in [2.24, 2.45) is 17.6 Å². The molecule has 0 aliphatic heterocycles. The number of carbonyl (C=O) groups is 4. The van der Waals surface area contributed by atoms with E-state index in [4.69, 9.17) is 15.9 Å². The Labute approximate surface area is 152 Å². The van der Waals surface area contributed by atoms with Crippen molar-refractivity contribution >= 4 is 23.7 Å². The van der Waals surface area contributed by atoms with Crippen molar-refractivity contribution in [3.05, 3.63) is 0 Å². The van der Waals surface area contributed by atoms with Crippen LogP contribution in [0.15, 0.2) is 0 Å². The van der Waals surface area contributed by atoms with Crippen LogP contribution >= 0.6 is 0 Å². The second-order valence-electron chi connectivity index (χ2n) is 6.50. The molecule has 150 valence electrons. The fourth-order valence-electron chi connectivity index (χ4n) is 2.00. The minimum atomic E-state index is -1.45. The normalized spacial score (nSPS) is 15.5. The maximum Gasteiger partial charge on any atom is 0.328 e. The molecule has 10 nitrogen and oxygen atoms in total. The molecule has 0 spiro atoms. The van der Waals surface area contributed by atoms with E-state index in [1.807, 2.05) is 13.8 Å². The predicted molar refractivity (Wildman–Crippen MR) is 93.9 cm³/mol. The minimum Gasteiger partial charge on any atom is -0.480 e. The van der Waals surface area contributed by atoms with Crippen molar-refractivity contribution in [3.63, 3.8) is 0 Å². The lowest BCUT2D eigenvalue weighted by molar-refractivity contribution is -0.142. The number of aliphatic carboxylic acids is 1. The molecule has 7 N–H and O–H groups in total. The van der Waals surface area contributed by atoms with Crippen molar-refractivity contribution in [2.75, 3.05) is 13.2 Å². The van der Waals surface area contributed by atoms with E-state index in [9.17, 15) is 19.2 Å². The summed E-state index contributed by atoms with van der Waals surface area (Å²) in [6, 6.07) is -3.09. The summed E-state index contributed by atoms with van der Waals surface area (Å²) >= 11 is 0. The van der Waals surface area contributed by atoms with Crippen molar-refractivity contribution < 1.29 is 29.4 Å². The van der Waals surface area contributed by atoms with Crippen molar-refractivity contribution in [1.29, 1.82) is 0 Å². The van der Waals surface area contributed by atoms with E-state index in [1.54, 1.807) is 13.8 Å². The molecule has 0 fully saturated rings. The number of aliphatic hydroxyl groups excluding tert-OH is 1. The lowest BCUT2D eigenvalue weighted by atomic mass is 9.97. The highest BCUT2D eigenvalue weighted by Crippen LogP contribution is 2.08. The molecular formula is C16H30N4O6. The van der Waals surface area contributed by atoms with Crippen molar-refractivity contribution in [1.82, 2.24) is 16.0 Å². The van der Waals surface area contributed by atoms with Gasteiger partial charge in [-0.2, -0.15) is 0 Å². The van der Waals surface area contributed by atoms with Crippen LogP contribution in [0.25, 0.3) is 0 Å². The first kappa shape index (κ1) is 23.8. The summed E-state index contributed by atoms with van der Waals surface area (Å²) in [6.45, 7) is 5.93. The van der Waals surface area contributed by atoms with Gasteiger partial charge in [-0.15, -0.1) is 0 Å². The second kappa shape index (κ2) is 11.4. The summed E-state index contributed by atoms with van der Waals surface area (Å²) in [7, 11) is 0. The van der Waals surface area contributed by atoms with Gasteiger partial charge in [0.1, 0.15) is 12.1 Å². The van der Waals surface area contributed by atoms with Gasteiger partial charge in [0.05, 0.1) is 19.2 Å². The molecule has 0 saturated carbocycles. The molecule has 0 aliphatic carbocycles. The van der Waals surface area contributed by atoms with Crippen LogP contribution in [0.2, 0.25) is 0 Å². The van der Waals surface area contributed by atoms with Gasteiger partial charge in [0.2, 0.25) is 17.7 Å². The molecule has 0 aliphatic rings. The average molecular weight is 374 g/mol. The Balaban J connectivity index is 4.72. The first-order chi connectivity index (χ1) is 12.0. The quantitative estimate of drug-likeness (QED) is 0.247. The Morgan fingerprint density at radius 3 is 2.04 bits per heavy atom. The molecule has 0 aromatic heterocycles. The molecule has 0 bridgehead atoms. The van der Waals surface area contributed by atoms with Gasteiger partial charge >= 0.3 is 5.97 Å². The molecular weight excluding hydrogens is 344 g/mol. The zero-order valence-corrected chi connectivity index (χ0v) is 15.6. The van der Waals surface area contributed by atoms with Crippen LogP contribution in [0, 0.1) is 11.8 Å². The topological polar surface area (TPSA) is 171 Å². The van der Waals surface area contributed by atoms with Gasteiger partial charge in [0, 0.05) is 0 Å². The predicted octanol–water partition coefficient (Wildman–Crippen LogP) is -1.82. The van der Waals surface area contributed by atoms with Crippen LogP contribution < -0.4 is 21.7 Å². The van der Waals surface area contributed by atoms with Crippen LogP contribution in [0.3, 0.4) is 0 Å². The largest absolute Gasteiger partial charge is 0.480 e. The SMILES string of the molecule is CCC(C)C(N)C(=O)NC(C(=O)NCC(=O)NC(CO)C(=O)O)C(C)C. The highest BCUT2D eigenvalue weighted by atomic mass is 16.4. The van der Waals surface area contributed by atoms with E-state index >= 15 is 0 Å². The molecule has 0 aromatic carbocycles. The van der Waals surface area contributed by atoms with Crippen LogP contribution in [-0.4, -0.2) is 65.2 Å². The summed E-state index contributed by atoms with van der Waals surface area (Å²) in [4.78, 5) is 46.8. The summed E-state index contributed by atoms with van der Waals surface area (Å²) < 4.78 is 0. The van der Waals surface area contributed by atoms with E-state index in [2.05, 4.69) is 16.0 Å². The highest BCUT2D eigenvalue weighted by Gasteiger charge is 2.28. The first-order valence-corrected chi connectivity index (χ1v) is 8.51. The number of carbonyl (C=O) groups excluding carboxylic acids is 3. The van der Waals surface area contributed by atoms with Gasteiger partial charge in [0.15, 0.2) is 0 Å². The molecule has 4 atom stereocenters. The van der Waals surface area contributed by atoms with E-state index in [0.717, 1.165) is 0 Å². The number of aliphatic hydroxyl groups is 1. The molecule has 0 rings (SSSR count). The van der Waals surface area contributed by atoms with Crippen LogP contribution in [0.4, 0.5) is 0 Å². The molecule has 26 heavy (non-hydrogen) atoms. The summed E-state index contributed by atoms with van der Waals surface area (Å²) in [5, 5.41) is 24.6. The summed E-state index contributed by atoms with van der Waals surface area (Å²) in [5.41, 5.74) is 5.85. The zero-order valence-electron chi connectivity index (χ0n) is 15.6. The van der Waals surface area contributed by atoms with Crippen LogP contribution in [-0.2, 0) is 19.2 Å². The highest BCUT2D eigenvalue weighted by molar-refractivity contribution is 5.92. The molecule has 0 saturated heterocycles. The third kappa shape index (κ3) is 7.79. The summed E-state index contributed by atoms with van der Waals surface area (Å²) in [5.74, 6) is -3.51. The standard InChI is InChI=1S/C16H30N4O6/c1-5-9(4)12(17)14(23)20-13(8(2)3)15(24)18-6-11(22)19-10(7-21)16(25)26/h8-10,12-13,21H,5-7,17H2,1-4H3,(H,18,24)(H,19,22)(H,20,23)(H,25,26). The number of hydrogen-bond acceptors (Lipinski definition) is 6. The van der Waals surface area contributed by atoms with Gasteiger partial charge < -0.3 is 31.9 Å². The Kier molecular flexibility index (Phi) is 10.5. The fraction of sp³-hybridized carbons (Fsp3) is 0.750. The maximum absolute atomic E-state index is 12.3. The lowest BCUT2D eigenvalue weighted by Gasteiger charge is -2.25. The van der Waals surface area contributed by atoms with Crippen LogP contribution in [0.5, 0.6) is 0 Å². The van der Waals surface area contributed by atoms with Crippen molar-refractivity contribution in [2.45, 2.75) is 52.2 Å². The molecule has 0 radical (unpaired) electrons. The van der Waals surface area contributed by atoms with Gasteiger partial charge in [0.25, 0.3) is 0 Å². The molecule has 0 aromatic rings.